The standard InChI is InChI=1S/C57H39N/c1-4-17-44(18-5-1)57(45-19-6-2-7-20-45)55-27-15-14-26-52(55)53-37-36-48(39-56(53)57)58(46-21-8-3-9-22-46)47-34-32-41(33-35-47)40-28-30-42(31-29-40)54-38-43-16-10-11-23-49(43)50-24-12-13-25-51(50)54/h1-39H/i3D,8D,9D,21D,22D. The molecule has 0 amide bonds. The summed E-state index contributed by atoms with van der Waals surface area (Å²) in [7, 11) is 0. The van der Waals surface area contributed by atoms with E-state index in [9.17, 15) is 2.74 Å². The third kappa shape index (κ3) is 5.39. The van der Waals surface area contributed by atoms with Crippen LogP contribution in [-0.4, -0.2) is 0 Å². The molecule has 1 heteroatoms. The molecule has 1 aliphatic rings. The van der Waals surface area contributed by atoms with Crippen LogP contribution in [0.15, 0.2) is 236 Å². The largest absolute Gasteiger partial charge is 0.310 e. The summed E-state index contributed by atoms with van der Waals surface area (Å²) in [5.74, 6) is 0. The summed E-state index contributed by atoms with van der Waals surface area (Å²) >= 11 is 0. The van der Waals surface area contributed by atoms with Gasteiger partial charge in [0.25, 0.3) is 0 Å². The van der Waals surface area contributed by atoms with E-state index in [1.165, 1.54) is 27.1 Å². The number of benzene rings is 10. The van der Waals surface area contributed by atoms with Gasteiger partial charge in [-0.2, -0.15) is 0 Å². The molecule has 0 radical (unpaired) electrons. The Kier molecular flexibility index (Phi) is 6.93. The summed E-state index contributed by atoms with van der Waals surface area (Å²) < 4.78 is 44.4. The van der Waals surface area contributed by atoms with E-state index in [1.54, 1.807) is 0 Å². The van der Waals surface area contributed by atoms with E-state index in [0.29, 0.717) is 11.4 Å². The van der Waals surface area contributed by atoms with Gasteiger partial charge >= 0.3 is 0 Å². The van der Waals surface area contributed by atoms with Gasteiger partial charge in [-0.05, 0) is 120 Å². The minimum absolute atomic E-state index is 0.0844. The maximum Gasteiger partial charge on any atom is 0.0714 e. The smallest absolute Gasteiger partial charge is 0.0714 e. The van der Waals surface area contributed by atoms with Gasteiger partial charge in [0.1, 0.15) is 0 Å². The van der Waals surface area contributed by atoms with Gasteiger partial charge < -0.3 is 4.90 Å². The van der Waals surface area contributed by atoms with Crippen LogP contribution in [0, 0.1) is 0 Å². The van der Waals surface area contributed by atoms with Crippen molar-refractivity contribution in [2.24, 2.45) is 0 Å². The maximum absolute atomic E-state index is 9.22. The van der Waals surface area contributed by atoms with Gasteiger partial charge in [-0.1, -0.05) is 194 Å². The van der Waals surface area contributed by atoms with Crippen LogP contribution in [0.25, 0.3) is 54.9 Å². The zero-order chi connectivity index (χ0) is 42.8. The quantitative estimate of drug-likeness (QED) is 0.147. The first-order chi connectivity index (χ1) is 30.8. The summed E-state index contributed by atoms with van der Waals surface area (Å²) in [4.78, 5) is 1.82. The van der Waals surface area contributed by atoms with E-state index in [0.717, 1.165) is 50.1 Å². The molecule has 0 bridgehead atoms. The van der Waals surface area contributed by atoms with Crippen LogP contribution in [-0.2, 0) is 5.41 Å². The van der Waals surface area contributed by atoms with Gasteiger partial charge in [0, 0.05) is 17.1 Å². The van der Waals surface area contributed by atoms with Crippen molar-refractivity contribution in [3.05, 3.63) is 259 Å². The van der Waals surface area contributed by atoms with E-state index in [1.807, 2.05) is 47.4 Å². The van der Waals surface area contributed by atoms with Gasteiger partial charge in [0.05, 0.1) is 12.3 Å². The molecule has 0 aliphatic heterocycles. The van der Waals surface area contributed by atoms with E-state index in [2.05, 4.69) is 164 Å². The predicted molar refractivity (Wildman–Crippen MR) is 244 cm³/mol. The molecule has 1 aliphatic carbocycles. The number of rotatable bonds is 7. The highest BCUT2D eigenvalue weighted by molar-refractivity contribution is 6.13. The van der Waals surface area contributed by atoms with Crippen LogP contribution < -0.4 is 4.90 Å². The molecule has 0 atom stereocenters. The second-order valence-electron chi connectivity index (χ2n) is 14.9. The highest BCUT2D eigenvalue weighted by Crippen LogP contribution is 2.57. The van der Waals surface area contributed by atoms with Crippen molar-refractivity contribution in [2.45, 2.75) is 5.41 Å². The molecule has 11 rings (SSSR count). The van der Waals surface area contributed by atoms with Crippen LogP contribution in [0.4, 0.5) is 17.1 Å². The number of nitrogens with zero attached hydrogens (tertiary/aromatic N) is 1. The maximum atomic E-state index is 9.22. The molecule has 0 aromatic heterocycles. The predicted octanol–water partition coefficient (Wildman–Crippen LogP) is 15.2. The molecule has 0 spiro atoms. The van der Waals surface area contributed by atoms with E-state index < -0.39 is 11.5 Å². The Bertz CT molecular complexity index is 3320. The molecule has 0 saturated carbocycles. The Hall–Kier alpha value is -7.48. The summed E-state index contributed by atoms with van der Waals surface area (Å²) in [6, 6.07) is 70.1. The monoisotopic (exact) mass is 742 g/mol. The normalized spacial score (nSPS) is 13.8. The minimum atomic E-state index is -0.689. The van der Waals surface area contributed by atoms with Crippen molar-refractivity contribution in [1.29, 1.82) is 0 Å². The number of anilines is 3. The lowest BCUT2D eigenvalue weighted by atomic mass is 9.67. The van der Waals surface area contributed by atoms with Gasteiger partial charge in [-0.25, -0.2) is 0 Å². The zero-order valence-corrected chi connectivity index (χ0v) is 31.6. The number of hydrogen-bond acceptors (Lipinski definition) is 1. The molecule has 1 nitrogen and oxygen atoms in total. The third-order valence-corrected chi connectivity index (χ3v) is 11.8. The fraction of sp³-hybridized carbons (Fsp3) is 0.0175. The van der Waals surface area contributed by atoms with Crippen molar-refractivity contribution in [3.8, 4) is 33.4 Å². The lowest BCUT2D eigenvalue weighted by Crippen LogP contribution is -2.28. The van der Waals surface area contributed by atoms with Crippen LogP contribution in [0.1, 0.15) is 29.1 Å². The number of fused-ring (bicyclic) bond motifs is 6. The molecule has 0 unspecified atom stereocenters. The summed E-state index contributed by atoms with van der Waals surface area (Å²) in [6.07, 6.45) is 0. The molecule has 0 fully saturated rings. The lowest BCUT2D eigenvalue weighted by molar-refractivity contribution is 0.768. The molecule has 0 heterocycles. The Labute approximate surface area is 346 Å². The number of hydrogen-bond donors (Lipinski definition) is 0. The van der Waals surface area contributed by atoms with Crippen molar-refractivity contribution in [2.75, 3.05) is 4.90 Å². The fourth-order valence-corrected chi connectivity index (χ4v) is 9.27. The fourth-order valence-electron chi connectivity index (χ4n) is 9.27. The first kappa shape index (κ1) is 28.9. The van der Waals surface area contributed by atoms with Crippen molar-refractivity contribution in [1.82, 2.24) is 0 Å². The van der Waals surface area contributed by atoms with E-state index >= 15 is 0 Å². The SMILES string of the molecule is [2H]c1c([2H])c([2H])c(N(c2ccc(-c3ccc(-c4cc5ccccc5c5ccccc45)cc3)cc2)c2ccc3c(c2)C(c2ccccc2)(c2ccccc2)c2ccccc2-3)c([2H])c1[2H]. The lowest BCUT2D eigenvalue weighted by Gasteiger charge is -2.35. The summed E-state index contributed by atoms with van der Waals surface area (Å²) in [6.45, 7) is 0. The molecule has 58 heavy (non-hydrogen) atoms. The molecular formula is C57H39N. The summed E-state index contributed by atoms with van der Waals surface area (Å²) in [5, 5.41) is 4.88. The second-order valence-corrected chi connectivity index (χ2v) is 14.9. The van der Waals surface area contributed by atoms with E-state index in [-0.39, 0.29) is 29.9 Å². The Morgan fingerprint density at radius 2 is 0.879 bits per heavy atom. The molecular weight excluding hydrogens is 699 g/mol. The molecule has 272 valence electrons. The van der Waals surface area contributed by atoms with Crippen molar-refractivity contribution < 1.29 is 6.85 Å². The molecule has 0 N–H and O–H groups in total. The van der Waals surface area contributed by atoms with Crippen molar-refractivity contribution >= 4 is 38.6 Å². The average molecular weight is 743 g/mol. The van der Waals surface area contributed by atoms with Crippen molar-refractivity contribution in [3.63, 3.8) is 0 Å². The highest BCUT2D eigenvalue weighted by Gasteiger charge is 2.46. The van der Waals surface area contributed by atoms with Crippen LogP contribution >= 0.6 is 0 Å². The molecule has 10 aromatic carbocycles. The van der Waals surface area contributed by atoms with Crippen LogP contribution in [0.5, 0.6) is 0 Å². The van der Waals surface area contributed by atoms with E-state index in [4.69, 9.17) is 4.11 Å². The van der Waals surface area contributed by atoms with Gasteiger partial charge in [-0.3, -0.25) is 0 Å². The minimum Gasteiger partial charge on any atom is -0.310 e. The first-order valence-corrected chi connectivity index (χ1v) is 19.7. The van der Waals surface area contributed by atoms with Gasteiger partial charge in [0.2, 0.25) is 0 Å². The average Bonchev–Trinajstić information content (AvgIpc) is 3.65. The number of para-hydroxylation sites is 1. The summed E-state index contributed by atoms with van der Waals surface area (Å²) in [5.41, 5.74) is 11.7. The molecule has 10 aromatic rings. The Morgan fingerprint density at radius 1 is 0.345 bits per heavy atom. The van der Waals surface area contributed by atoms with Crippen LogP contribution in [0.2, 0.25) is 0 Å². The first-order valence-electron chi connectivity index (χ1n) is 22.2. The topological polar surface area (TPSA) is 3.24 Å². The molecule has 0 saturated heterocycles. The second kappa shape index (κ2) is 13.9. The van der Waals surface area contributed by atoms with Gasteiger partial charge in [-0.15, -0.1) is 0 Å². The zero-order valence-electron chi connectivity index (χ0n) is 36.6. The van der Waals surface area contributed by atoms with Gasteiger partial charge in [0.15, 0.2) is 0 Å². The Morgan fingerprint density at radius 3 is 1.59 bits per heavy atom. The van der Waals surface area contributed by atoms with Crippen LogP contribution in [0.3, 0.4) is 0 Å². The third-order valence-electron chi connectivity index (χ3n) is 11.8. The Balaban J connectivity index is 1.06. The highest BCUT2D eigenvalue weighted by atomic mass is 15.1.